The summed E-state index contributed by atoms with van der Waals surface area (Å²) in [5.74, 6) is 0.900. The summed E-state index contributed by atoms with van der Waals surface area (Å²) in [7, 11) is 3.70. The van der Waals surface area contributed by atoms with E-state index in [0.29, 0.717) is 19.5 Å². The largest absolute Gasteiger partial charge is 0.356 e. The fourth-order valence-electron chi connectivity index (χ4n) is 3.37. The van der Waals surface area contributed by atoms with Gasteiger partial charge in [0.25, 0.3) is 0 Å². The smallest absolute Gasteiger partial charge is 0.225 e. The van der Waals surface area contributed by atoms with E-state index in [2.05, 4.69) is 39.0 Å². The Morgan fingerprint density at radius 1 is 1.33 bits per heavy atom. The lowest BCUT2D eigenvalue weighted by atomic mass is 9.90. The molecule has 0 aliphatic carbocycles. The number of carbonyl (C=O) groups excluding carboxylic acids is 1. The molecular formula is C19H27IN6O. The average Bonchev–Trinajstić information content (AvgIpc) is 2.87. The van der Waals surface area contributed by atoms with Gasteiger partial charge in [0.05, 0.1) is 5.69 Å². The van der Waals surface area contributed by atoms with E-state index in [4.69, 9.17) is 0 Å². The highest BCUT2D eigenvalue weighted by Crippen LogP contribution is 2.31. The minimum Gasteiger partial charge on any atom is -0.356 e. The molecule has 2 heterocycles. The molecule has 1 aliphatic rings. The molecule has 3 N–H and O–H groups in total. The molecule has 8 heteroatoms. The zero-order valence-corrected chi connectivity index (χ0v) is 18.5. The van der Waals surface area contributed by atoms with Crippen LogP contribution in [0.25, 0.3) is 0 Å². The molecule has 0 saturated carbocycles. The predicted octanol–water partition coefficient (Wildman–Crippen LogP) is 2.45. The monoisotopic (exact) mass is 482 g/mol. The number of halogens is 1. The van der Waals surface area contributed by atoms with Crippen LogP contribution in [0, 0.1) is 13.8 Å². The van der Waals surface area contributed by atoms with Gasteiger partial charge in [0.1, 0.15) is 0 Å². The van der Waals surface area contributed by atoms with Crippen LogP contribution in [0.4, 0.5) is 5.69 Å². The lowest BCUT2D eigenvalue weighted by Crippen LogP contribution is -2.40. The van der Waals surface area contributed by atoms with Crippen molar-refractivity contribution < 1.29 is 4.79 Å². The predicted molar refractivity (Wildman–Crippen MR) is 119 cm³/mol. The number of anilines is 1. The molecule has 2 aromatic rings. The van der Waals surface area contributed by atoms with E-state index in [1.165, 1.54) is 5.56 Å². The summed E-state index contributed by atoms with van der Waals surface area (Å²) in [6.07, 6.45) is 0.474. The summed E-state index contributed by atoms with van der Waals surface area (Å²) in [6.45, 7) is 5.38. The Kier molecular flexibility index (Phi) is 7.23. The zero-order chi connectivity index (χ0) is 18.7. The molecule has 7 nitrogen and oxygen atoms in total. The minimum absolute atomic E-state index is 0. The molecule has 27 heavy (non-hydrogen) atoms. The van der Waals surface area contributed by atoms with E-state index in [9.17, 15) is 4.79 Å². The van der Waals surface area contributed by atoms with Crippen LogP contribution < -0.4 is 16.0 Å². The summed E-state index contributed by atoms with van der Waals surface area (Å²) in [4.78, 5) is 16.2. The summed E-state index contributed by atoms with van der Waals surface area (Å²) < 4.78 is 1.89. The molecular weight excluding hydrogens is 455 g/mol. The van der Waals surface area contributed by atoms with Gasteiger partial charge in [0.15, 0.2) is 5.96 Å². The third-order valence-electron chi connectivity index (χ3n) is 4.94. The SMILES string of the molecule is CN=C(NCc1c(C)nn(C)c1C)NCC1CC(=O)Nc2ccccc21.I. The van der Waals surface area contributed by atoms with Gasteiger partial charge in [-0.05, 0) is 25.5 Å². The van der Waals surface area contributed by atoms with Crippen LogP contribution in [0.1, 0.15) is 34.9 Å². The first-order chi connectivity index (χ1) is 12.5. The van der Waals surface area contributed by atoms with E-state index < -0.39 is 0 Å². The lowest BCUT2D eigenvalue weighted by Gasteiger charge is -2.26. The van der Waals surface area contributed by atoms with Crippen LogP contribution in [0.5, 0.6) is 0 Å². The number of hydrogen-bond donors (Lipinski definition) is 3. The van der Waals surface area contributed by atoms with Crippen molar-refractivity contribution in [1.29, 1.82) is 0 Å². The van der Waals surface area contributed by atoms with Crippen molar-refractivity contribution in [2.24, 2.45) is 12.0 Å². The first-order valence-electron chi connectivity index (χ1n) is 8.82. The highest BCUT2D eigenvalue weighted by molar-refractivity contribution is 14.0. The first-order valence-corrected chi connectivity index (χ1v) is 8.82. The van der Waals surface area contributed by atoms with Crippen LogP contribution in [-0.2, 0) is 18.4 Å². The van der Waals surface area contributed by atoms with E-state index in [1.807, 2.05) is 36.9 Å². The van der Waals surface area contributed by atoms with Crippen LogP contribution in [0.2, 0.25) is 0 Å². The lowest BCUT2D eigenvalue weighted by molar-refractivity contribution is -0.116. The first kappa shape index (κ1) is 21.2. The molecule has 1 amide bonds. The number of aryl methyl sites for hydroxylation is 2. The van der Waals surface area contributed by atoms with Crippen molar-refractivity contribution in [2.45, 2.75) is 32.7 Å². The van der Waals surface area contributed by atoms with E-state index in [0.717, 1.165) is 28.6 Å². The van der Waals surface area contributed by atoms with Crippen molar-refractivity contribution in [1.82, 2.24) is 20.4 Å². The zero-order valence-electron chi connectivity index (χ0n) is 16.2. The average molecular weight is 482 g/mol. The highest BCUT2D eigenvalue weighted by atomic mass is 127. The second kappa shape index (κ2) is 9.20. The Labute approximate surface area is 177 Å². The number of carbonyl (C=O) groups is 1. The van der Waals surface area contributed by atoms with Crippen molar-refractivity contribution in [3.8, 4) is 0 Å². The fourth-order valence-corrected chi connectivity index (χ4v) is 3.37. The number of fused-ring (bicyclic) bond motifs is 1. The summed E-state index contributed by atoms with van der Waals surface area (Å²) in [6, 6.07) is 7.96. The van der Waals surface area contributed by atoms with Gasteiger partial charge in [-0.15, -0.1) is 24.0 Å². The number of aliphatic imine (C=N–C) groups is 1. The van der Waals surface area contributed by atoms with Gasteiger partial charge in [-0.2, -0.15) is 5.10 Å². The maximum Gasteiger partial charge on any atom is 0.225 e. The van der Waals surface area contributed by atoms with Gasteiger partial charge < -0.3 is 16.0 Å². The van der Waals surface area contributed by atoms with Crippen molar-refractivity contribution in [3.63, 3.8) is 0 Å². The topological polar surface area (TPSA) is 83.3 Å². The number of aromatic nitrogens is 2. The fraction of sp³-hybridized carbons (Fsp3) is 0.421. The molecule has 146 valence electrons. The second-order valence-corrected chi connectivity index (χ2v) is 6.62. The maximum atomic E-state index is 11.9. The number of rotatable bonds is 4. The third-order valence-corrected chi connectivity index (χ3v) is 4.94. The van der Waals surface area contributed by atoms with E-state index in [-0.39, 0.29) is 35.8 Å². The Morgan fingerprint density at radius 3 is 2.74 bits per heavy atom. The number of para-hydroxylation sites is 1. The molecule has 3 rings (SSSR count). The number of nitrogens with zero attached hydrogens (tertiary/aromatic N) is 3. The van der Waals surface area contributed by atoms with Crippen LogP contribution in [0.15, 0.2) is 29.3 Å². The van der Waals surface area contributed by atoms with Gasteiger partial charge in [0, 0.05) is 56.5 Å². The van der Waals surface area contributed by atoms with Gasteiger partial charge in [-0.3, -0.25) is 14.5 Å². The van der Waals surface area contributed by atoms with Crippen LogP contribution >= 0.6 is 24.0 Å². The maximum absolute atomic E-state index is 11.9. The Balaban J connectivity index is 0.00000261. The molecule has 0 spiro atoms. The standard InChI is InChI=1S/C19H26N6O.HI/c1-12-16(13(2)25(4)24-12)11-22-19(20-3)21-10-14-9-18(26)23-17-8-6-5-7-15(14)17;/h5-8,14H,9-11H2,1-4H3,(H,23,26)(H2,20,21,22);1H. The number of benzene rings is 1. The number of amides is 1. The molecule has 1 atom stereocenters. The molecule has 1 unspecified atom stereocenters. The number of nitrogens with one attached hydrogen (secondary N) is 3. The number of guanidine groups is 1. The van der Waals surface area contributed by atoms with Crippen molar-refractivity contribution >= 4 is 41.5 Å². The van der Waals surface area contributed by atoms with Crippen molar-refractivity contribution in [3.05, 3.63) is 46.8 Å². The molecule has 0 radical (unpaired) electrons. The Hall–Kier alpha value is -2.10. The Bertz CT molecular complexity index is 845. The highest BCUT2D eigenvalue weighted by Gasteiger charge is 2.24. The summed E-state index contributed by atoms with van der Waals surface area (Å²) in [5, 5.41) is 14.1. The van der Waals surface area contributed by atoms with Crippen LogP contribution in [-0.4, -0.2) is 35.2 Å². The van der Waals surface area contributed by atoms with Gasteiger partial charge in [-0.25, -0.2) is 0 Å². The summed E-state index contributed by atoms with van der Waals surface area (Å²) >= 11 is 0. The van der Waals surface area contributed by atoms with Crippen molar-refractivity contribution in [2.75, 3.05) is 18.9 Å². The van der Waals surface area contributed by atoms with Crippen LogP contribution in [0.3, 0.4) is 0 Å². The summed E-state index contributed by atoms with van der Waals surface area (Å²) in [5.41, 5.74) is 5.40. The Morgan fingerprint density at radius 2 is 2.07 bits per heavy atom. The molecule has 0 fully saturated rings. The van der Waals surface area contributed by atoms with Gasteiger partial charge in [0.2, 0.25) is 5.91 Å². The molecule has 1 aromatic carbocycles. The molecule has 1 aliphatic heterocycles. The third kappa shape index (κ3) is 4.79. The normalized spacial score (nSPS) is 16.2. The van der Waals surface area contributed by atoms with Gasteiger partial charge >= 0.3 is 0 Å². The molecule has 0 saturated heterocycles. The molecule has 0 bridgehead atoms. The second-order valence-electron chi connectivity index (χ2n) is 6.62. The quantitative estimate of drug-likeness (QED) is 0.355. The minimum atomic E-state index is 0. The van der Waals surface area contributed by atoms with E-state index >= 15 is 0 Å². The van der Waals surface area contributed by atoms with E-state index in [1.54, 1.807) is 7.05 Å². The number of hydrogen-bond acceptors (Lipinski definition) is 3. The van der Waals surface area contributed by atoms with Gasteiger partial charge in [-0.1, -0.05) is 18.2 Å². The molecule has 1 aromatic heterocycles.